The molecule has 0 saturated heterocycles. The molecule has 0 aliphatic carbocycles. The highest BCUT2D eigenvalue weighted by atomic mass is 79.9. The fourth-order valence-electron chi connectivity index (χ4n) is 1.75. The molecule has 0 saturated carbocycles. The third kappa shape index (κ3) is 3.19. The first kappa shape index (κ1) is 15.0. The summed E-state index contributed by atoms with van der Waals surface area (Å²) < 4.78 is 14.9. The van der Waals surface area contributed by atoms with Crippen molar-refractivity contribution in [1.29, 1.82) is 0 Å². The lowest BCUT2D eigenvalue weighted by Crippen LogP contribution is -2.15. The maximum atomic E-state index is 13.7. The molecule has 2 aromatic rings. The normalized spacial score (nSPS) is 10.4. The van der Waals surface area contributed by atoms with Crippen LogP contribution in [-0.4, -0.2) is 5.91 Å². The zero-order chi connectivity index (χ0) is 14.9. The molecule has 0 unspecified atom stereocenters. The summed E-state index contributed by atoms with van der Waals surface area (Å²) in [6.07, 6.45) is 0. The summed E-state index contributed by atoms with van der Waals surface area (Å²) in [6, 6.07) is 7.73. The standard InChI is InChI=1S/C14H11Br2FN2O/c1-7-4-10(16)13(12(18)5-7)19-14(20)9-6-8(15)2-3-11(9)17/h2-6H,18H2,1H3,(H,19,20). The number of hydrogen-bond acceptors (Lipinski definition) is 2. The fraction of sp³-hybridized carbons (Fsp3) is 0.0714. The van der Waals surface area contributed by atoms with Crippen LogP contribution in [0.5, 0.6) is 0 Å². The van der Waals surface area contributed by atoms with Gasteiger partial charge in [0.15, 0.2) is 0 Å². The van der Waals surface area contributed by atoms with Crippen LogP contribution in [0.4, 0.5) is 15.8 Å². The SMILES string of the molecule is Cc1cc(N)c(NC(=O)c2cc(Br)ccc2F)c(Br)c1. The van der Waals surface area contributed by atoms with Crippen molar-refractivity contribution in [2.45, 2.75) is 6.92 Å². The summed E-state index contributed by atoms with van der Waals surface area (Å²) in [5.74, 6) is -1.15. The van der Waals surface area contributed by atoms with Crippen molar-refractivity contribution in [3.63, 3.8) is 0 Å². The molecule has 0 heterocycles. The van der Waals surface area contributed by atoms with E-state index in [1.54, 1.807) is 6.07 Å². The Hall–Kier alpha value is -1.40. The number of anilines is 2. The molecule has 20 heavy (non-hydrogen) atoms. The number of amides is 1. The Morgan fingerprint density at radius 3 is 2.60 bits per heavy atom. The van der Waals surface area contributed by atoms with Crippen molar-refractivity contribution in [3.8, 4) is 0 Å². The van der Waals surface area contributed by atoms with E-state index >= 15 is 0 Å². The number of hydrogen-bond donors (Lipinski definition) is 2. The third-order valence-electron chi connectivity index (χ3n) is 2.68. The smallest absolute Gasteiger partial charge is 0.258 e. The number of aryl methyl sites for hydroxylation is 1. The molecule has 0 aliphatic heterocycles. The zero-order valence-electron chi connectivity index (χ0n) is 10.5. The number of benzene rings is 2. The topological polar surface area (TPSA) is 55.1 Å². The second kappa shape index (κ2) is 5.93. The second-order valence-corrected chi connectivity index (χ2v) is 6.06. The van der Waals surface area contributed by atoms with Gasteiger partial charge < -0.3 is 11.1 Å². The lowest BCUT2D eigenvalue weighted by molar-refractivity contribution is 0.102. The van der Waals surface area contributed by atoms with Crippen LogP contribution in [0.1, 0.15) is 15.9 Å². The minimum absolute atomic E-state index is 0.0498. The van der Waals surface area contributed by atoms with E-state index in [-0.39, 0.29) is 5.56 Å². The lowest BCUT2D eigenvalue weighted by atomic mass is 10.1. The molecule has 0 bridgehead atoms. The first-order valence-corrected chi connectivity index (χ1v) is 7.29. The van der Waals surface area contributed by atoms with Crippen LogP contribution in [0.2, 0.25) is 0 Å². The average molecular weight is 402 g/mol. The molecule has 104 valence electrons. The highest BCUT2D eigenvalue weighted by Crippen LogP contribution is 2.31. The van der Waals surface area contributed by atoms with Crippen LogP contribution in [0, 0.1) is 12.7 Å². The number of halogens is 3. The first-order valence-electron chi connectivity index (χ1n) is 5.70. The minimum atomic E-state index is -0.590. The summed E-state index contributed by atoms with van der Waals surface area (Å²) in [5, 5.41) is 2.62. The van der Waals surface area contributed by atoms with E-state index in [0.29, 0.717) is 20.3 Å². The number of rotatable bonds is 2. The molecular weight excluding hydrogens is 391 g/mol. The molecule has 0 aliphatic rings. The maximum absolute atomic E-state index is 13.7. The van der Waals surface area contributed by atoms with Gasteiger partial charge in [0.2, 0.25) is 0 Å². The summed E-state index contributed by atoms with van der Waals surface area (Å²) >= 11 is 6.54. The lowest BCUT2D eigenvalue weighted by Gasteiger charge is -2.12. The molecule has 3 N–H and O–H groups in total. The molecular formula is C14H11Br2FN2O. The van der Waals surface area contributed by atoms with Crippen molar-refractivity contribution in [3.05, 3.63) is 56.2 Å². The van der Waals surface area contributed by atoms with Gasteiger partial charge in [-0.15, -0.1) is 0 Å². The van der Waals surface area contributed by atoms with E-state index < -0.39 is 11.7 Å². The summed E-state index contributed by atoms with van der Waals surface area (Å²) in [5.41, 5.74) is 7.63. The Morgan fingerprint density at radius 2 is 1.95 bits per heavy atom. The fourth-order valence-corrected chi connectivity index (χ4v) is 2.80. The Balaban J connectivity index is 2.35. The van der Waals surface area contributed by atoms with E-state index in [1.165, 1.54) is 18.2 Å². The molecule has 6 heteroatoms. The Labute approximate surface area is 132 Å². The quantitative estimate of drug-likeness (QED) is 0.728. The van der Waals surface area contributed by atoms with Gasteiger partial charge in [-0.3, -0.25) is 4.79 Å². The van der Waals surface area contributed by atoms with Crippen molar-refractivity contribution >= 4 is 49.1 Å². The number of nitrogens with two attached hydrogens (primary N) is 1. The van der Waals surface area contributed by atoms with Crippen molar-refractivity contribution in [1.82, 2.24) is 0 Å². The van der Waals surface area contributed by atoms with Crippen LogP contribution < -0.4 is 11.1 Å². The predicted molar refractivity (Wildman–Crippen MR) is 85.3 cm³/mol. The minimum Gasteiger partial charge on any atom is -0.397 e. The highest BCUT2D eigenvalue weighted by molar-refractivity contribution is 9.10. The van der Waals surface area contributed by atoms with Crippen molar-refractivity contribution < 1.29 is 9.18 Å². The molecule has 2 aromatic carbocycles. The molecule has 3 nitrogen and oxygen atoms in total. The molecule has 0 aromatic heterocycles. The molecule has 0 atom stereocenters. The van der Waals surface area contributed by atoms with Crippen LogP contribution in [0.15, 0.2) is 39.3 Å². The summed E-state index contributed by atoms with van der Waals surface area (Å²) in [7, 11) is 0. The molecule has 0 spiro atoms. The molecule has 0 fully saturated rings. The molecule has 2 rings (SSSR count). The Bertz CT molecular complexity index is 666. The van der Waals surface area contributed by atoms with Crippen LogP contribution in [0.3, 0.4) is 0 Å². The second-order valence-electron chi connectivity index (χ2n) is 4.29. The van der Waals surface area contributed by atoms with E-state index in [9.17, 15) is 9.18 Å². The highest BCUT2D eigenvalue weighted by Gasteiger charge is 2.15. The third-order valence-corrected chi connectivity index (χ3v) is 3.80. The number of nitrogens with one attached hydrogen (secondary N) is 1. The van der Waals surface area contributed by atoms with Crippen molar-refractivity contribution in [2.75, 3.05) is 11.1 Å². The van der Waals surface area contributed by atoms with Gasteiger partial charge in [-0.2, -0.15) is 0 Å². The van der Waals surface area contributed by atoms with E-state index in [4.69, 9.17) is 5.73 Å². The van der Waals surface area contributed by atoms with Crippen LogP contribution >= 0.6 is 31.9 Å². The van der Waals surface area contributed by atoms with Gasteiger partial charge >= 0.3 is 0 Å². The average Bonchev–Trinajstić information content (AvgIpc) is 2.36. The zero-order valence-corrected chi connectivity index (χ0v) is 13.7. The number of nitrogen functional groups attached to an aromatic ring is 1. The van der Waals surface area contributed by atoms with E-state index in [2.05, 4.69) is 37.2 Å². The predicted octanol–water partition coefficient (Wildman–Crippen LogP) is 4.49. The van der Waals surface area contributed by atoms with Gasteiger partial charge in [0.1, 0.15) is 5.82 Å². The summed E-state index contributed by atoms with van der Waals surface area (Å²) in [4.78, 5) is 12.1. The number of carbonyl (C=O) groups excluding carboxylic acids is 1. The van der Waals surface area contributed by atoms with Gasteiger partial charge in [-0.1, -0.05) is 15.9 Å². The van der Waals surface area contributed by atoms with Gasteiger partial charge in [-0.05, 0) is 58.7 Å². The van der Waals surface area contributed by atoms with Gasteiger partial charge in [0, 0.05) is 8.95 Å². The monoisotopic (exact) mass is 400 g/mol. The largest absolute Gasteiger partial charge is 0.397 e. The van der Waals surface area contributed by atoms with Crippen LogP contribution in [0.25, 0.3) is 0 Å². The molecule has 0 radical (unpaired) electrons. The van der Waals surface area contributed by atoms with Crippen LogP contribution in [-0.2, 0) is 0 Å². The van der Waals surface area contributed by atoms with Gasteiger partial charge in [0.05, 0.1) is 16.9 Å². The Kier molecular flexibility index (Phi) is 4.45. The van der Waals surface area contributed by atoms with E-state index in [1.807, 2.05) is 13.0 Å². The maximum Gasteiger partial charge on any atom is 0.258 e. The number of carbonyl (C=O) groups is 1. The van der Waals surface area contributed by atoms with Gasteiger partial charge in [0.25, 0.3) is 5.91 Å². The Morgan fingerprint density at radius 1 is 1.25 bits per heavy atom. The first-order chi connectivity index (χ1) is 9.38. The molecule has 1 amide bonds. The van der Waals surface area contributed by atoms with E-state index in [0.717, 1.165) is 5.56 Å². The summed E-state index contributed by atoms with van der Waals surface area (Å²) in [6.45, 7) is 1.89. The van der Waals surface area contributed by atoms with Crippen molar-refractivity contribution in [2.24, 2.45) is 0 Å². The van der Waals surface area contributed by atoms with Gasteiger partial charge in [-0.25, -0.2) is 4.39 Å².